The summed E-state index contributed by atoms with van der Waals surface area (Å²) in [5.41, 5.74) is 0.116. The predicted octanol–water partition coefficient (Wildman–Crippen LogP) is -1.70. The highest BCUT2D eigenvalue weighted by Gasteiger charge is 1.97. The van der Waals surface area contributed by atoms with E-state index < -0.39 is 0 Å². The van der Waals surface area contributed by atoms with Crippen molar-refractivity contribution in [2.24, 2.45) is 0 Å². The standard InChI is InChI=1S/CH2N5OP/c2-6-1(8-7)3-4-5-6/h2H2. The van der Waals surface area contributed by atoms with E-state index in [0.717, 1.165) is 4.79 Å². The SMILES string of the molecule is Nn1nnnc1P=O. The van der Waals surface area contributed by atoms with E-state index in [1.807, 2.05) is 0 Å². The molecule has 42 valence electrons. The van der Waals surface area contributed by atoms with Gasteiger partial charge in [-0.15, -0.1) is 4.79 Å². The third-order valence-electron chi connectivity index (χ3n) is 0.557. The zero-order valence-electron chi connectivity index (χ0n) is 3.72. The molecule has 0 aromatic carbocycles. The van der Waals surface area contributed by atoms with Gasteiger partial charge in [-0.1, -0.05) is 5.10 Å². The second kappa shape index (κ2) is 1.83. The minimum Gasteiger partial charge on any atom is -0.319 e. The minimum atomic E-state index is -0.270. The van der Waals surface area contributed by atoms with Gasteiger partial charge >= 0.3 is 0 Å². The first-order chi connectivity index (χ1) is 3.84. The van der Waals surface area contributed by atoms with Crippen molar-refractivity contribution in [2.75, 3.05) is 5.84 Å². The van der Waals surface area contributed by atoms with Crippen molar-refractivity contribution in [3.63, 3.8) is 0 Å². The maximum Gasteiger partial charge on any atom is 0.264 e. The number of nitrogen functional groups attached to an aromatic ring is 1. The molecule has 1 aromatic heterocycles. The molecule has 0 saturated heterocycles. The van der Waals surface area contributed by atoms with Crippen LogP contribution in [0.2, 0.25) is 0 Å². The van der Waals surface area contributed by atoms with Crippen molar-refractivity contribution < 1.29 is 4.57 Å². The average Bonchev–Trinajstić information content (AvgIpc) is 2.14. The number of hydrogen-bond donors (Lipinski definition) is 1. The molecule has 0 spiro atoms. The molecule has 1 rings (SSSR count). The van der Waals surface area contributed by atoms with Gasteiger partial charge in [0, 0.05) is 0 Å². The van der Waals surface area contributed by atoms with Gasteiger partial charge in [-0.3, -0.25) is 4.57 Å². The molecule has 0 amide bonds. The first-order valence-corrected chi connectivity index (χ1v) is 2.52. The van der Waals surface area contributed by atoms with E-state index in [1.54, 1.807) is 0 Å². The molecule has 0 radical (unpaired) electrons. The van der Waals surface area contributed by atoms with Gasteiger partial charge in [-0.2, -0.15) is 0 Å². The quantitative estimate of drug-likeness (QED) is 0.362. The summed E-state index contributed by atoms with van der Waals surface area (Å²) in [5, 5.41) is 9.62. The molecule has 0 fully saturated rings. The van der Waals surface area contributed by atoms with Gasteiger partial charge in [0.1, 0.15) is 0 Å². The normalized spacial score (nSPS) is 10.0. The summed E-state index contributed by atoms with van der Waals surface area (Å²) in [5.74, 6) is 5.02. The van der Waals surface area contributed by atoms with E-state index in [4.69, 9.17) is 5.84 Å². The molecule has 1 heterocycles. The number of rotatable bonds is 1. The Kier molecular flexibility index (Phi) is 1.17. The first-order valence-electron chi connectivity index (χ1n) is 1.71. The lowest BCUT2D eigenvalue weighted by atomic mass is 11.4. The summed E-state index contributed by atoms with van der Waals surface area (Å²) in [4.78, 5) is 0.842. The highest BCUT2D eigenvalue weighted by Crippen LogP contribution is 1.82. The number of hydrogen-bond acceptors (Lipinski definition) is 5. The molecule has 2 N–H and O–H groups in total. The predicted molar refractivity (Wildman–Crippen MR) is 25.2 cm³/mol. The van der Waals surface area contributed by atoms with Gasteiger partial charge in [-0.05, 0) is 10.4 Å². The second-order valence-electron chi connectivity index (χ2n) is 1.01. The van der Waals surface area contributed by atoms with Crippen LogP contribution in [0.3, 0.4) is 0 Å². The van der Waals surface area contributed by atoms with Crippen LogP contribution in [-0.4, -0.2) is 20.3 Å². The van der Waals surface area contributed by atoms with Crippen molar-refractivity contribution in [1.82, 2.24) is 20.3 Å². The smallest absolute Gasteiger partial charge is 0.264 e. The Balaban J connectivity index is 3.09. The Bertz CT molecular complexity index is 194. The van der Waals surface area contributed by atoms with Gasteiger partial charge in [0.2, 0.25) is 8.46 Å². The minimum absolute atomic E-state index is 0.116. The van der Waals surface area contributed by atoms with Crippen molar-refractivity contribution in [2.45, 2.75) is 0 Å². The molecule has 1 aromatic rings. The third-order valence-corrected chi connectivity index (χ3v) is 1.01. The fraction of sp³-hybridized carbons (Fsp3) is 0. The van der Waals surface area contributed by atoms with Gasteiger partial charge < -0.3 is 5.84 Å². The van der Waals surface area contributed by atoms with Crippen LogP contribution >= 0.6 is 8.46 Å². The summed E-state index contributed by atoms with van der Waals surface area (Å²) in [6.45, 7) is 0. The van der Waals surface area contributed by atoms with Crippen LogP contribution in [0.1, 0.15) is 0 Å². The first kappa shape index (κ1) is 5.11. The summed E-state index contributed by atoms with van der Waals surface area (Å²) >= 11 is 0. The number of tetrazole rings is 1. The Morgan fingerprint density at radius 3 is 2.75 bits per heavy atom. The molecule has 0 bridgehead atoms. The topological polar surface area (TPSA) is 86.7 Å². The Morgan fingerprint density at radius 1 is 1.75 bits per heavy atom. The van der Waals surface area contributed by atoms with E-state index in [2.05, 4.69) is 15.5 Å². The third kappa shape index (κ3) is 0.651. The molecule has 0 aliphatic carbocycles. The molecule has 0 saturated carbocycles. The lowest BCUT2D eigenvalue weighted by Crippen LogP contribution is -2.21. The van der Waals surface area contributed by atoms with Crippen molar-refractivity contribution in [3.05, 3.63) is 0 Å². The lowest BCUT2D eigenvalue weighted by Gasteiger charge is -1.80. The van der Waals surface area contributed by atoms with Crippen molar-refractivity contribution >= 4 is 14.0 Å². The van der Waals surface area contributed by atoms with Crippen LogP contribution in [0.5, 0.6) is 0 Å². The molecule has 0 atom stereocenters. The monoisotopic (exact) mass is 131 g/mol. The van der Waals surface area contributed by atoms with Crippen LogP contribution in [0.25, 0.3) is 0 Å². The van der Waals surface area contributed by atoms with E-state index in [-0.39, 0.29) is 14.0 Å². The zero-order valence-corrected chi connectivity index (χ0v) is 4.62. The van der Waals surface area contributed by atoms with E-state index in [0.29, 0.717) is 0 Å². The Hall–Kier alpha value is -1.03. The second-order valence-corrected chi connectivity index (χ2v) is 1.60. The van der Waals surface area contributed by atoms with Crippen LogP contribution in [-0.2, 0) is 4.57 Å². The summed E-state index contributed by atoms with van der Waals surface area (Å²) in [6.07, 6.45) is 0. The number of nitrogens with zero attached hydrogens (tertiary/aromatic N) is 4. The van der Waals surface area contributed by atoms with Crippen LogP contribution in [0.15, 0.2) is 0 Å². The number of nitrogens with two attached hydrogens (primary N) is 1. The molecular weight excluding hydrogens is 129 g/mol. The van der Waals surface area contributed by atoms with Gasteiger partial charge in [0.15, 0.2) is 0 Å². The van der Waals surface area contributed by atoms with Crippen LogP contribution < -0.4 is 11.4 Å². The number of aromatic nitrogens is 4. The van der Waals surface area contributed by atoms with Crippen molar-refractivity contribution in [3.8, 4) is 0 Å². The van der Waals surface area contributed by atoms with Crippen LogP contribution in [0, 0.1) is 0 Å². The van der Waals surface area contributed by atoms with E-state index in [1.165, 1.54) is 0 Å². The largest absolute Gasteiger partial charge is 0.319 e. The molecule has 0 aliphatic rings. The van der Waals surface area contributed by atoms with Crippen molar-refractivity contribution in [1.29, 1.82) is 0 Å². The Labute approximate surface area is 45.8 Å². The maximum absolute atomic E-state index is 9.94. The molecule has 7 heteroatoms. The van der Waals surface area contributed by atoms with Gasteiger partial charge in [0.05, 0.1) is 0 Å². The molecule has 8 heavy (non-hydrogen) atoms. The fourth-order valence-corrected chi connectivity index (χ4v) is 0.449. The zero-order chi connectivity index (χ0) is 5.98. The fourth-order valence-electron chi connectivity index (χ4n) is 0.249. The summed E-state index contributed by atoms with van der Waals surface area (Å²) in [7, 11) is -0.270. The van der Waals surface area contributed by atoms with E-state index >= 15 is 0 Å². The molecule has 0 unspecified atom stereocenters. The summed E-state index contributed by atoms with van der Waals surface area (Å²) < 4.78 is 9.94. The highest BCUT2D eigenvalue weighted by molar-refractivity contribution is 7.33. The average molecular weight is 131 g/mol. The lowest BCUT2D eigenvalue weighted by molar-refractivity contribution is 0.601. The van der Waals surface area contributed by atoms with E-state index in [9.17, 15) is 4.57 Å². The highest BCUT2D eigenvalue weighted by atomic mass is 31.1. The molecule has 0 aliphatic heterocycles. The van der Waals surface area contributed by atoms with Crippen LogP contribution in [0.4, 0.5) is 0 Å². The van der Waals surface area contributed by atoms with Gasteiger partial charge in [-0.25, -0.2) is 0 Å². The van der Waals surface area contributed by atoms with Gasteiger partial charge in [0.25, 0.3) is 5.57 Å². The Morgan fingerprint density at radius 2 is 2.50 bits per heavy atom. The summed E-state index contributed by atoms with van der Waals surface area (Å²) in [6, 6.07) is 0. The maximum atomic E-state index is 9.94. The molecular formula is CH2N5OP. The molecule has 6 nitrogen and oxygen atoms in total.